The van der Waals surface area contributed by atoms with Crippen molar-refractivity contribution < 1.29 is 9.53 Å². The van der Waals surface area contributed by atoms with Crippen LogP contribution in [-0.2, 0) is 6.42 Å². The minimum Gasteiger partial charge on any atom is -0.497 e. The second kappa shape index (κ2) is 11.4. The van der Waals surface area contributed by atoms with Gasteiger partial charge in [0.05, 0.1) is 18.3 Å². The van der Waals surface area contributed by atoms with Gasteiger partial charge in [-0.3, -0.25) is 4.79 Å². The number of aryl methyl sites for hydroxylation is 1. The second-order valence-corrected chi connectivity index (χ2v) is 8.06. The molecule has 0 saturated heterocycles. The molecular formula is C30H33NO2. The lowest BCUT2D eigenvalue weighted by atomic mass is 9.86. The molecule has 3 aromatic carbocycles. The molecule has 0 saturated carbocycles. The van der Waals surface area contributed by atoms with Gasteiger partial charge in [0.25, 0.3) is 0 Å². The molecule has 170 valence electrons. The first-order chi connectivity index (χ1) is 16.1. The molecule has 4 rings (SSSR count). The first-order valence-corrected chi connectivity index (χ1v) is 11.7. The molecule has 0 aliphatic heterocycles. The summed E-state index contributed by atoms with van der Waals surface area (Å²) in [7, 11) is 1.65. The Morgan fingerprint density at radius 1 is 0.909 bits per heavy atom. The molecule has 1 aromatic heterocycles. The van der Waals surface area contributed by atoms with Crippen LogP contribution in [0.5, 0.6) is 5.75 Å². The summed E-state index contributed by atoms with van der Waals surface area (Å²) in [6, 6.07) is 26.1. The average Bonchev–Trinajstić information content (AvgIpc) is 2.88. The number of benzene rings is 3. The first-order valence-electron chi connectivity index (χ1n) is 11.7. The molecule has 0 aliphatic carbocycles. The number of fused-ring (bicyclic) bond motifs is 1. The molecule has 3 nitrogen and oxygen atoms in total. The van der Waals surface area contributed by atoms with Gasteiger partial charge in [0, 0.05) is 29.0 Å². The normalized spacial score (nSPS) is 10.6. The average molecular weight is 440 g/mol. The lowest BCUT2D eigenvalue weighted by Crippen LogP contribution is -2.11. The minimum atomic E-state index is 0.155. The Balaban J connectivity index is 0.00000149. The third-order valence-electron chi connectivity index (χ3n) is 5.62. The van der Waals surface area contributed by atoms with Gasteiger partial charge in [0.15, 0.2) is 5.78 Å². The van der Waals surface area contributed by atoms with Gasteiger partial charge in [-0.15, -0.1) is 0 Å². The number of methoxy groups -OCH3 is 1. The lowest BCUT2D eigenvalue weighted by Gasteiger charge is -2.20. The topological polar surface area (TPSA) is 39.2 Å². The van der Waals surface area contributed by atoms with Crippen molar-refractivity contribution in [2.45, 2.75) is 46.5 Å². The number of carbonyl (C=O) groups excluding carboxylic acids is 1. The summed E-state index contributed by atoms with van der Waals surface area (Å²) in [6.07, 6.45) is 1.18. The van der Waals surface area contributed by atoms with Crippen molar-refractivity contribution >= 4 is 16.7 Å². The van der Waals surface area contributed by atoms with Crippen molar-refractivity contribution in [1.82, 2.24) is 4.98 Å². The van der Waals surface area contributed by atoms with E-state index in [2.05, 4.69) is 38.1 Å². The maximum atomic E-state index is 13.6. The summed E-state index contributed by atoms with van der Waals surface area (Å²) < 4.78 is 5.43. The summed E-state index contributed by atoms with van der Waals surface area (Å²) in [5.41, 5.74) is 5.66. The monoisotopic (exact) mass is 439 g/mol. The Bertz CT molecular complexity index is 1200. The van der Waals surface area contributed by atoms with Crippen LogP contribution in [0, 0.1) is 0 Å². The molecule has 0 fully saturated rings. The van der Waals surface area contributed by atoms with Crippen LogP contribution in [0.15, 0.2) is 78.9 Å². The number of aromatic nitrogens is 1. The van der Waals surface area contributed by atoms with Gasteiger partial charge in [-0.25, -0.2) is 4.98 Å². The highest BCUT2D eigenvalue weighted by molar-refractivity contribution is 6.10. The fourth-order valence-corrected chi connectivity index (χ4v) is 4.09. The molecule has 0 atom stereocenters. The number of ketones is 1. The summed E-state index contributed by atoms with van der Waals surface area (Å²) >= 11 is 0. The van der Waals surface area contributed by atoms with Crippen LogP contribution in [0.25, 0.3) is 22.2 Å². The van der Waals surface area contributed by atoms with Gasteiger partial charge < -0.3 is 4.74 Å². The van der Waals surface area contributed by atoms with Crippen LogP contribution >= 0.6 is 0 Å². The second-order valence-electron chi connectivity index (χ2n) is 8.06. The summed E-state index contributed by atoms with van der Waals surface area (Å²) in [4.78, 5) is 18.6. The van der Waals surface area contributed by atoms with E-state index in [1.54, 1.807) is 7.11 Å². The van der Waals surface area contributed by atoms with E-state index < -0.39 is 0 Å². The smallest absolute Gasteiger partial charge is 0.164 e. The fraction of sp³-hybridized carbons (Fsp3) is 0.267. The van der Waals surface area contributed by atoms with Crippen molar-refractivity contribution in [3.63, 3.8) is 0 Å². The lowest BCUT2D eigenvalue weighted by molar-refractivity contribution is 0.0983. The quantitative estimate of drug-likeness (QED) is 0.275. The van der Waals surface area contributed by atoms with E-state index in [0.29, 0.717) is 6.42 Å². The van der Waals surface area contributed by atoms with Crippen molar-refractivity contribution in [2.75, 3.05) is 7.11 Å². The number of hydrogen-bond donors (Lipinski definition) is 0. The van der Waals surface area contributed by atoms with Crippen molar-refractivity contribution in [2.24, 2.45) is 0 Å². The fourth-order valence-electron chi connectivity index (χ4n) is 4.09. The molecular weight excluding hydrogens is 406 g/mol. The van der Waals surface area contributed by atoms with E-state index in [1.807, 2.05) is 68.4 Å². The number of rotatable bonds is 7. The molecule has 1 heterocycles. The van der Waals surface area contributed by atoms with Crippen LogP contribution in [0.1, 0.15) is 61.5 Å². The van der Waals surface area contributed by atoms with E-state index in [4.69, 9.17) is 9.72 Å². The first kappa shape index (κ1) is 24.2. The van der Waals surface area contributed by atoms with Gasteiger partial charge in [0.2, 0.25) is 0 Å². The highest BCUT2D eigenvalue weighted by Gasteiger charge is 2.23. The molecule has 0 spiro atoms. The Kier molecular flexibility index (Phi) is 8.37. The van der Waals surface area contributed by atoms with Crippen molar-refractivity contribution in [3.8, 4) is 17.0 Å². The predicted octanol–water partition coefficient (Wildman–Crippen LogP) is 7.88. The van der Waals surface area contributed by atoms with Crippen LogP contribution in [0.4, 0.5) is 0 Å². The molecule has 3 heteroatoms. The maximum Gasteiger partial charge on any atom is 0.164 e. The van der Waals surface area contributed by atoms with E-state index in [1.165, 1.54) is 5.56 Å². The summed E-state index contributed by atoms with van der Waals surface area (Å²) in [5, 5.41) is 0.891. The highest BCUT2D eigenvalue weighted by atomic mass is 16.5. The standard InChI is InChI=1S/C28H27NO2.C2H6/c1-19(2)26-27(25(30)17-14-20-10-6-4-7-11-20)23-16-15-22(31-3)18-24(23)29-28(26)21-12-8-5-9-13-21;1-2/h4-13,15-16,18-19H,14,17H2,1-3H3;1-2H3. The van der Waals surface area contributed by atoms with Gasteiger partial charge in [-0.05, 0) is 35.6 Å². The maximum absolute atomic E-state index is 13.6. The Morgan fingerprint density at radius 3 is 2.15 bits per heavy atom. The predicted molar refractivity (Wildman–Crippen MR) is 138 cm³/mol. The minimum absolute atomic E-state index is 0.155. The number of nitrogens with zero attached hydrogens (tertiary/aromatic N) is 1. The summed E-state index contributed by atoms with van der Waals surface area (Å²) in [5.74, 6) is 1.05. The molecule has 0 unspecified atom stereocenters. The molecule has 4 aromatic rings. The highest BCUT2D eigenvalue weighted by Crippen LogP contribution is 2.36. The Labute approximate surface area is 197 Å². The van der Waals surface area contributed by atoms with Crippen LogP contribution < -0.4 is 4.74 Å². The van der Waals surface area contributed by atoms with Gasteiger partial charge in [-0.1, -0.05) is 88.4 Å². The van der Waals surface area contributed by atoms with E-state index >= 15 is 0 Å². The molecule has 0 N–H and O–H groups in total. The number of ether oxygens (including phenoxy) is 1. The SMILES string of the molecule is CC.COc1ccc2c(C(=O)CCc3ccccc3)c(C(C)C)c(-c3ccccc3)nc2c1. The van der Waals surface area contributed by atoms with Gasteiger partial charge in [0.1, 0.15) is 5.75 Å². The zero-order valence-corrected chi connectivity index (χ0v) is 20.3. The Morgan fingerprint density at radius 2 is 1.55 bits per heavy atom. The molecule has 33 heavy (non-hydrogen) atoms. The number of hydrogen-bond acceptors (Lipinski definition) is 3. The molecule has 0 radical (unpaired) electrons. The van der Waals surface area contributed by atoms with Crippen LogP contribution in [-0.4, -0.2) is 17.9 Å². The third kappa shape index (κ3) is 5.48. The molecule has 0 amide bonds. The summed E-state index contributed by atoms with van der Waals surface area (Å²) in [6.45, 7) is 8.26. The van der Waals surface area contributed by atoms with Crippen molar-refractivity contribution in [1.29, 1.82) is 0 Å². The number of pyridine rings is 1. The zero-order valence-electron chi connectivity index (χ0n) is 20.3. The van der Waals surface area contributed by atoms with Crippen LogP contribution in [0.3, 0.4) is 0 Å². The zero-order chi connectivity index (χ0) is 23.8. The largest absolute Gasteiger partial charge is 0.497 e. The molecule has 0 bridgehead atoms. The van der Waals surface area contributed by atoms with Crippen LogP contribution in [0.2, 0.25) is 0 Å². The number of carbonyl (C=O) groups is 1. The Hall–Kier alpha value is -3.46. The van der Waals surface area contributed by atoms with Gasteiger partial charge in [-0.2, -0.15) is 0 Å². The van der Waals surface area contributed by atoms with Gasteiger partial charge >= 0.3 is 0 Å². The van der Waals surface area contributed by atoms with E-state index in [0.717, 1.165) is 45.5 Å². The number of Topliss-reactive ketones (excluding diaryl/α,β-unsaturated/α-hetero) is 1. The third-order valence-corrected chi connectivity index (χ3v) is 5.62. The molecule has 0 aliphatic rings. The van der Waals surface area contributed by atoms with E-state index in [9.17, 15) is 4.79 Å². The van der Waals surface area contributed by atoms with E-state index in [-0.39, 0.29) is 11.7 Å². The van der Waals surface area contributed by atoms with Crippen molar-refractivity contribution in [3.05, 3.63) is 95.6 Å².